The van der Waals surface area contributed by atoms with Gasteiger partial charge in [0, 0.05) is 13.1 Å². The highest BCUT2D eigenvalue weighted by atomic mass is 35.5. The number of nitrogens with zero attached hydrogens (tertiary/aromatic N) is 2. The molecule has 134 valence electrons. The first-order valence-corrected chi connectivity index (χ1v) is 8.07. The lowest BCUT2D eigenvalue weighted by Crippen LogP contribution is -2.37. The van der Waals surface area contributed by atoms with E-state index in [9.17, 15) is 8.78 Å². The van der Waals surface area contributed by atoms with Crippen LogP contribution < -0.4 is 9.64 Å². The van der Waals surface area contributed by atoms with Gasteiger partial charge in [-0.2, -0.15) is 13.8 Å². The first kappa shape index (κ1) is 17.6. The van der Waals surface area contributed by atoms with Crippen molar-refractivity contribution in [1.82, 2.24) is 4.98 Å². The van der Waals surface area contributed by atoms with Gasteiger partial charge >= 0.3 is 0 Å². The number of halogens is 3. The molecule has 0 saturated carbocycles. The summed E-state index contributed by atoms with van der Waals surface area (Å²) in [5.41, 5.74) is 0. The van der Waals surface area contributed by atoms with E-state index in [1.807, 2.05) is 0 Å². The molecular weight excluding hydrogens is 346 g/mol. The first-order valence-electron chi connectivity index (χ1n) is 7.69. The van der Waals surface area contributed by atoms with Crippen LogP contribution in [-0.4, -0.2) is 56.4 Å². The Morgan fingerprint density at radius 3 is 2.67 bits per heavy atom. The van der Waals surface area contributed by atoms with Crippen LogP contribution in [0, 0.1) is 11.8 Å². The molecule has 2 fully saturated rings. The van der Waals surface area contributed by atoms with E-state index in [0.717, 1.165) is 0 Å². The molecular formula is C15H19ClF2N2O4. The molecule has 0 aromatic carbocycles. The minimum absolute atomic E-state index is 0.00786. The van der Waals surface area contributed by atoms with Gasteiger partial charge in [0.1, 0.15) is 17.7 Å². The standard InChI is InChI=1S/C15H19ClF2N2O4/c1-15(2)23-8-9(24-15)7-22-12-10(16)13(18)19-14(11(12)17)20-3-5-21-6-4-20/h9H,3-8H2,1-2H3/t9-/m1/s1. The molecule has 0 spiro atoms. The monoisotopic (exact) mass is 364 g/mol. The highest BCUT2D eigenvalue weighted by molar-refractivity contribution is 6.32. The SMILES string of the molecule is CC1(C)OC[C@@H](COc2c(F)c(N3CCOCC3)nc(F)c2Cl)O1. The molecule has 0 bridgehead atoms. The second kappa shape index (κ2) is 6.95. The molecule has 0 amide bonds. The van der Waals surface area contributed by atoms with Gasteiger partial charge in [0.25, 0.3) is 0 Å². The molecule has 1 atom stereocenters. The molecule has 9 heteroatoms. The minimum Gasteiger partial charge on any atom is -0.486 e. The van der Waals surface area contributed by atoms with Crippen LogP contribution in [0.1, 0.15) is 13.8 Å². The summed E-state index contributed by atoms with van der Waals surface area (Å²) in [5.74, 6) is -2.98. The van der Waals surface area contributed by atoms with Crippen LogP contribution >= 0.6 is 11.6 Å². The van der Waals surface area contributed by atoms with Crippen molar-refractivity contribution in [3.05, 3.63) is 16.8 Å². The van der Waals surface area contributed by atoms with Gasteiger partial charge in [-0.3, -0.25) is 0 Å². The number of pyridine rings is 1. The van der Waals surface area contributed by atoms with Crippen molar-refractivity contribution in [2.24, 2.45) is 0 Å². The van der Waals surface area contributed by atoms with Crippen molar-refractivity contribution in [2.75, 3.05) is 44.4 Å². The number of rotatable bonds is 4. The summed E-state index contributed by atoms with van der Waals surface area (Å²) in [6.07, 6.45) is -0.390. The molecule has 1 aromatic heterocycles. The molecule has 3 heterocycles. The average molecular weight is 365 g/mol. The Bertz CT molecular complexity index is 612. The van der Waals surface area contributed by atoms with E-state index in [2.05, 4.69) is 4.98 Å². The predicted octanol–water partition coefficient (Wildman–Crippen LogP) is 2.38. The van der Waals surface area contributed by atoms with Gasteiger partial charge in [0.2, 0.25) is 11.8 Å². The van der Waals surface area contributed by atoms with Crippen LogP contribution in [0.5, 0.6) is 5.75 Å². The highest BCUT2D eigenvalue weighted by Crippen LogP contribution is 2.35. The Hall–Kier alpha value is -1.22. The largest absolute Gasteiger partial charge is 0.486 e. The molecule has 0 radical (unpaired) electrons. The summed E-state index contributed by atoms with van der Waals surface area (Å²) in [6.45, 7) is 5.50. The van der Waals surface area contributed by atoms with Crippen LogP contribution in [0.25, 0.3) is 0 Å². The van der Waals surface area contributed by atoms with Crippen LogP contribution in [0.15, 0.2) is 0 Å². The van der Waals surface area contributed by atoms with Crippen LogP contribution in [-0.2, 0) is 14.2 Å². The van der Waals surface area contributed by atoms with Crippen molar-refractivity contribution >= 4 is 17.4 Å². The highest BCUT2D eigenvalue weighted by Gasteiger charge is 2.34. The van der Waals surface area contributed by atoms with E-state index in [1.54, 1.807) is 18.7 Å². The molecule has 24 heavy (non-hydrogen) atoms. The van der Waals surface area contributed by atoms with Gasteiger partial charge in [-0.1, -0.05) is 11.6 Å². The van der Waals surface area contributed by atoms with E-state index in [0.29, 0.717) is 32.9 Å². The normalized spacial score (nSPS) is 23.5. The van der Waals surface area contributed by atoms with Gasteiger partial charge in [-0.15, -0.1) is 0 Å². The van der Waals surface area contributed by atoms with E-state index in [-0.39, 0.29) is 18.2 Å². The molecule has 0 unspecified atom stereocenters. The Kier molecular flexibility index (Phi) is 5.10. The number of hydrogen-bond donors (Lipinski definition) is 0. The van der Waals surface area contributed by atoms with Crippen molar-refractivity contribution in [2.45, 2.75) is 25.7 Å². The minimum atomic E-state index is -0.974. The molecule has 2 aliphatic heterocycles. The third-order valence-electron chi connectivity index (χ3n) is 3.77. The maximum absolute atomic E-state index is 14.7. The van der Waals surface area contributed by atoms with Crippen molar-refractivity contribution in [1.29, 1.82) is 0 Å². The summed E-state index contributed by atoms with van der Waals surface area (Å²) in [5, 5.41) is -0.484. The fourth-order valence-corrected chi connectivity index (χ4v) is 2.80. The van der Waals surface area contributed by atoms with Crippen molar-refractivity contribution < 1.29 is 27.7 Å². The van der Waals surface area contributed by atoms with Gasteiger partial charge in [0.05, 0.1) is 19.8 Å². The lowest BCUT2D eigenvalue weighted by atomic mass is 10.3. The fraction of sp³-hybridized carbons (Fsp3) is 0.667. The zero-order valence-corrected chi connectivity index (χ0v) is 14.2. The van der Waals surface area contributed by atoms with Crippen molar-refractivity contribution in [3.8, 4) is 5.75 Å². The second-order valence-electron chi connectivity index (χ2n) is 6.04. The third kappa shape index (κ3) is 3.72. The fourth-order valence-electron chi connectivity index (χ4n) is 2.62. The maximum atomic E-state index is 14.7. The Balaban J connectivity index is 1.77. The smallest absolute Gasteiger partial charge is 0.237 e. The number of morpholine rings is 1. The molecule has 1 aromatic rings. The van der Waals surface area contributed by atoms with Gasteiger partial charge in [-0.25, -0.2) is 0 Å². The molecule has 2 aliphatic rings. The van der Waals surface area contributed by atoms with Crippen LogP contribution in [0.3, 0.4) is 0 Å². The van der Waals surface area contributed by atoms with Crippen LogP contribution in [0.4, 0.5) is 14.6 Å². The van der Waals surface area contributed by atoms with E-state index in [1.165, 1.54) is 0 Å². The molecule has 6 nitrogen and oxygen atoms in total. The van der Waals surface area contributed by atoms with E-state index >= 15 is 0 Å². The summed E-state index contributed by atoms with van der Waals surface area (Å²) in [7, 11) is 0. The lowest BCUT2D eigenvalue weighted by Gasteiger charge is -2.28. The van der Waals surface area contributed by atoms with Gasteiger partial charge < -0.3 is 23.8 Å². The maximum Gasteiger partial charge on any atom is 0.237 e. The molecule has 0 N–H and O–H groups in total. The molecule has 2 saturated heterocycles. The topological polar surface area (TPSA) is 53.1 Å². The summed E-state index contributed by atoms with van der Waals surface area (Å²) < 4.78 is 50.3. The summed E-state index contributed by atoms with van der Waals surface area (Å²) in [6, 6.07) is 0. The number of aromatic nitrogens is 1. The quantitative estimate of drug-likeness (QED) is 0.765. The number of hydrogen-bond acceptors (Lipinski definition) is 6. The molecule has 3 rings (SSSR count). The zero-order chi connectivity index (χ0) is 17.3. The van der Waals surface area contributed by atoms with Crippen molar-refractivity contribution in [3.63, 3.8) is 0 Å². The Labute approximate surface area is 143 Å². The zero-order valence-electron chi connectivity index (χ0n) is 13.5. The third-order valence-corrected chi connectivity index (χ3v) is 4.10. The predicted molar refractivity (Wildman–Crippen MR) is 82.6 cm³/mol. The summed E-state index contributed by atoms with van der Waals surface area (Å²) in [4.78, 5) is 5.22. The Morgan fingerprint density at radius 2 is 2.04 bits per heavy atom. The summed E-state index contributed by atoms with van der Waals surface area (Å²) >= 11 is 5.83. The second-order valence-corrected chi connectivity index (χ2v) is 6.42. The van der Waals surface area contributed by atoms with Gasteiger partial charge in [-0.05, 0) is 13.8 Å². The number of ether oxygens (including phenoxy) is 4. The lowest BCUT2D eigenvalue weighted by molar-refractivity contribution is -0.141. The Morgan fingerprint density at radius 1 is 1.33 bits per heavy atom. The first-order chi connectivity index (χ1) is 11.4. The molecule has 0 aliphatic carbocycles. The van der Waals surface area contributed by atoms with Crippen LogP contribution in [0.2, 0.25) is 5.02 Å². The number of anilines is 1. The average Bonchev–Trinajstić information content (AvgIpc) is 2.91. The van der Waals surface area contributed by atoms with E-state index in [4.69, 9.17) is 30.5 Å². The van der Waals surface area contributed by atoms with Gasteiger partial charge in [0.15, 0.2) is 17.4 Å². The van der Waals surface area contributed by atoms with E-state index < -0.39 is 28.7 Å².